The minimum absolute atomic E-state index is 0.188. The van der Waals surface area contributed by atoms with E-state index in [1.165, 1.54) is 32.2 Å². The zero-order valence-corrected chi connectivity index (χ0v) is 19.9. The Morgan fingerprint density at radius 3 is 2.35 bits per heavy atom. The van der Waals surface area contributed by atoms with Crippen LogP contribution >= 0.6 is 0 Å². The summed E-state index contributed by atoms with van der Waals surface area (Å²) in [6.45, 7) is 9.36. The van der Waals surface area contributed by atoms with Gasteiger partial charge in [0.1, 0.15) is 0 Å². The highest BCUT2D eigenvalue weighted by Gasteiger charge is 2.64. The zero-order chi connectivity index (χ0) is 21.7. The fourth-order valence-electron chi connectivity index (χ4n) is 10.6. The van der Waals surface area contributed by atoms with Gasteiger partial charge < -0.3 is 15.3 Å². The average molecular weight is 432 g/mol. The molecule has 4 aliphatic carbocycles. The molecule has 0 spiro atoms. The van der Waals surface area contributed by atoms with Crippen LogP contribution in [0.4, 0.5) is 0 Å². The van der Waals surface area contributed by atoms with E-state index in [1.54, 1.807) is 0 Å². The monoisotopic (exact) mass is 431 g/mol. The molecule has 0 aromatic rings. The van der Waals surface area contributed by atoms with Gasteiger partial charge in [0.15, 0.2) is 0 Å². The lowest BCUT2D eigenvalue weighted by molar-refractivity contribution is -0.176. The molecule has 4 saturated carbocycles. The summed E-state index contributed by atoms with van der Waals surface area (Å²) in [4.78, 5) is 2.68. The topological polar surface area (TPSA) is 63.9 Å². The van der Waals surface area contributed by atoms with Crippen molar-refractivity contribution >= 4 is 0 Å². The number of aliphatic hydroxyl groups is 3. The summed E-state index contributed by atoms with van der Waals surface area (Å²) in [7, 11) is 0. The van der Waals surface area contributed by atoms with Crippen LogP contribution in [0.2, 0.25) is 0 Å². The molecule has 6 rings (SSSR count). The largest absolute Gasteiger partial charge is 0.393 e. The Morgan fingerprint density at radius 1 is 0.742 bits per heavy atom. The Bertz CT molecular complexity index is 711. The molecule has 13 atom stereocenters. The van der Waals surface area contributed by atoms with E-state index in [0.717, 1.165) is 50.5 Å². The molecule has 0 bridgehead atoms. The molecule has 0 amide bonds. The van der Waals surface area contributed by atoms with Gasteiger partial charge in [-0.2, -0.15) is 0 Å². The number of aliphatic hydroxyl groups excluding tert-OH is 2. The first kappa shape index (κ1) is 21.4. The van der Waals surface area contributed by atoms with Gasteiger partial charge in [-0.25, -0.2) is 0 Å². The summed E-state index contributed by atoms with van der Waals surface area (Å²) in [6.07, 6.45) is 9.43. The van der Waals surface area contributed by atoms with E-state index in [9.17, 15) is 15.3 Å². The zero-order valence-electron chi connectivity index (χ0n) is 19.9. The molecule has 2 heterocycles. The number of hydrogen-bond donors (Lipinski definition) is 3. The summed E-state index contributed by atoms with van der Waals surface area (Å²) in [5.41, 5.74) is -0.365. The van der Waals surface area contributed by atoms with Crippen molar-refractivity contribution in [3.8, 4) is 0 Å². The third kappa shape index (κ3) is 3.00. The number of rotatable bonds is 0. The first-order valence-corrected chi connectivity index (χ1v) is 13.5. The van der Waals surface area contributed by atoms with Crippen LogP contribution in [-0.2, 0) is 0 Å². The molecule has 0 unspecified atom stereocenters. The summed E-state index contributed by atoms with van der Waals surface area (Å²) >= 11 is 0. The first-order chi connectivity index (χ1) is 14.7. The predicted molar refractivity (Wildman–Crippen MR) is 121 cm³/mol. The Balaban J connectivity index is 1.30. The second kappa shape index (κ2) is 7.17. The van der Waals surface area contributed by atoms with E-state index < -0.39 is 5.60 Å². The molecule has 6 aliphatic rings. The number of nitrogens with zero attached hydrogens (tertiary/aromatic N) is 1. The molecule has 0 aromatic heterocycles. The molecule has 4 heteroatoms. The Kier molecular flexibility index (Phi) is 4.94. The van der Waals surface area contributed by atoms with E-state index in [4.69, 9.17) is 0 Å². The van der Waals surface area contributed by atoms with Crippen molar-refractivity contribution in [3.63, 3.8) is 0 Å². The van der Waals surface area contributed by atoms with Gasteiger partial charge in [0.2, 0.25) is 0 Å². The summed E-state index contributed by atoms with van der Waals surface area (Å²) in [6, 6.07) is 0.355. The van der Waals surface area contributed by atoms with E-state index in [-0.39, 0.29) is 23.5 Å². The highest BCUT2D eigenvalue weighted by Crippen LogP contribution is 2.67. The molecule has 176 valence electrons. The van der Waals surface area contributed by atoms with Gasteiger partial charge in [0.25, 0.3) is 0 Å². The maximum atomic E-state index is 11.8. The molecule has 2 saturated heterocycles. The molecule has 4 nitrogen and oxygen atoms in total. The van der Waals surface area contributed by atoms with Gasteiger partial charge in [0.05, 0.1) is 17.8 Å². The third-order valence-corrected chi connectivity index (χ3v) is 12.0. The maximum Gasteiger partial charge on any atom is 0.0805 e. The van der Waals surface area contributed by atoms with Crippen LogP contribution < -0.4 is 0 Å². The van der Waals surface area contributed by atoms with Crippen LogP contribution in [-0.4, -0.2) is 57.2 Å². The minimum Gasteiger partial charge on any atom is -0.393 e. The van der Waals surface area contributed by atoms with Crippen LogP contribution in [0, 0.1) is 52.8 Å². The number of hydrogen-bond acceptors (Lipinski definition) is 4. The lowest BCUT2D eigenvalue weighted by Crippen LogP contribution is -2.67. The van der Waals surface area contributed by atoms with Crippen molar-refractivity contribution in [2.45, 2.75) is 102 Å². The maximum absolute atomic E-state index is 11.8. The van der Waals surface area contributed by atoms with Crippen LogP contribution in [0.1, 0.15) is 78.6 Å². The molecule has 2 aliphatic heterocycles. The Hall–Kier alpha value is -0.160. The number of piperidine rings is 2. The first-order valence-electron chi connectivity index (χ1n) is 13.5. The fraction of sp³-hybridized carbons (Fsp3) is 1.00. The van der Waals surface area contributed by atoms with Crippen LogP contribution in [0.5, 0.6) is 0 Å². The van der Waals surface area contributed by atoms with Crippen LogP contribution in [0.15, 0.2) is 0 Å². The average Bonchev–Trinajstić information content (AvgIpc) is 3.09. The van der Waals surface area contributed by atoms with Crippen molar-refractivity contribution in [2.75, 3.05) is 13.1 Å². The quantitative estimate of drug-likeness (QED) is 0.547. The SMILES string of the molecule is C[C@H]1CC[C@@H]2N(C1)C[C@@H]1[C@@H]3C[C@@H]4[C@@H](C[C@H](O)[C@H]5C[C@@H](O)CC[C@]45C)[C@@H]3CC[C@@H]1[C@]2(C)O. The van der Waals surface area contributed by atoms with Gasteiger partial charge in [-0.15, -0.1) is 0 Å². The molecular weight excluding hydrogens is 386 g/mol. The number of fused-ring (bicyclic) bond motifs is 8. The van der Waals surface area contributed by atoms with Crippen molar-refractivity contribution in [3.05, 3.63) is 0 Å². The van der Waals surface area contributed by atoms with E-state index >= 15 is 0 Å². The molecule has 0 aromatic carbocycles. The molecule has 0 radical (unpaired) electrons. The lowest BCUT2D eigenvalue weighted by Gasteiger charge is -2.60. The van der Waals surface area contributed by atoms with Crippen molar-refractivity contribution < 1.29 is 15.3 Å². The molecule has 3 N–H and O–H groups in total. The second-order valence-corrected chi connectivity index (χ2v) is 13.4. The summed E-state index contributed by atoms with van der Waals surface area (Å²) in [5, 5.41) is 33.3. The van der Waals surface area contributed by atoms with Gasteiger partial charge in [-0.05, 0) is 117 Å². The van der Waals surface area contributed by atoms with E-state index in [1.807, 2.05) is 0 Å². The highest BCUT2D eigenvalue weighted by molar-refractivity contribution is 5.14. The Labute approximate surface area is 188 Å². The van der Waals surface area contributed by atoms with E-state index in [2.05, 4.69) is 25.7 Å². The molecular formula is C27H45NO3. The van der Waals surface area contributed by atoms with Crippen molar-refractivity contribution in [1.29, 1.82) is 0 Å². The third-order valence-electron chi connectivity index (χ3n) is 12.0. The van der Waals surface area contributed by atoms with Gasteiger partial charge >= 0.3 is 0 Å². The van der Waals surface area contributed by atoms with E-state index in [0.29, 0.717) is 35.6 Å². The summed E-state index contributed by atoms with van der Waals surface area (Å²) in [5.74, 6) is 4.89. The summed E-state index contributed by atoms with van der Waals surface area (Å²) < 4.78 is 0. The van der Waals surface area contributed by atoms with Gasteiger partial charge in [-0.1, -0.05) is 13.8 Å². The molecule has 31 heavy (non-hydrogen) atoms. The lowest BCUT2D eigenvalue weighted by atomic mass is 9.51. The minimum atomic E-state index is -0.553. The highest BCUT2D eigenvalue weighted by atomic mass is 16.3. The van der Waals surface area contributed by atoms with Gasteiger partial charge in [0, 0.05) is 19.1 Å². The normalized spacial score (nSPS) is 61.5. The standard InChI is InChI=1S/C27H45NO3/c1-15-4-7-25-27(3,31)21-6-5-17-18(20(21)14-28(25)13-15)11-22-19(17)12-24(30)23-10-16(29)8-9-26(22,23)2/h15-25,29-31H,4-14H2,1-3H3/t15-,16-,17+,18+,19-,20+,21-,22+,23+,24-,25-,26+,27-/m0/s1. The predicted octanol–water partition coefficient (Wildman–Crippen LogP) is 3.68. The van der Waals surface area contributed by atoms with Crippen molar-refractivity contribution in [1.82, 2.24) is 4.90 Å². The van der Waals surface area contributed by atoms with Crippen molar-refractivity contribution in [2.24, 2.45) is 52.8 Å². The van der Waals surface area contributed by atoms with Crippen LogP contribution in [0.25, 0.3) is 0 Å². The Morgan fingerprint density at radius 2 is 1.55 bits per heavy atom. The molecule has 6 fully saturated rings. The second-order valence-electron chi connectivity index (χ2n) is 13.4. The van der Waals surface area contributed by atoms with Crippen LogP contribution in [0.3, 0.4) is 0 Å². The van der Waals surface area contributed by atoms with Gasteiger partial charge in [-0.3, -0.25) is 4.90 Å². The smallest absolute Gasteiger partial charge is 0.0805 e. The fourth-order valence-corrected chi connectivity index (χ4v) is 10.6.